The summed E-state index contributed by atoms with van der Waals surface area (Å²) in [5.74, 6) is 0.753. The van der Waals surface area contributed by atoms with E-state index in [1.165, 1.54) is 17.9 Å². The SMILES string of the molecule is COc1nc(-c2cccc(-c3cccc(Nc4ncnc5c4c(=O)n(C)c(=O)n5C)c3Cl)c2Cl)cc2c1[C@H](N1CC[C@]3(CN(CCO)C(=O)N3)C1)CC2. The molecule has 3 aliphatic rings. The smallest absolute Gasteiger partial charge is 0.332 e. The van der Waals surface area contributed by atoms with Crippen molar-refractivity contribution in [2.24, 2.45) is 14.1 Å². The van der Waals surface area contributed by atoms with Crippen LogP contribution < -0.4 is 26.6 Å². The molecule has 1 aliphatic carbocycles. The lowest BCUT2D eigenvalue weighted by Crippen LogP contribution is -2.46. The first-order valence-electron chi connectivity index (χ1n) is 17.3. The van der Waals surface area contributed by atoms with E-state index in [1.54, 1.807) is 25.1 Å². The van der Waals surface area contributed by atoms with Gasteiger partial charge in [0.05, 0.1) is 40.7 Å². The quantitative estimate of drug-likeness (QED) is 0.209. The number of amides is 2. The minimum atomic E-state index is -0.532. The predicted octanol–water partition coefficient (Wildman–Crippen LogP) is 4.26. The van der Waals surface area contributed by atoms with E-state index >= 15 is 0 Å². The Morgan fingerprint density at radius 2 is 1.77 bits per heavy atom. The maximum Gasteiger partial charge on any atom is 0.332 e. The molecule has 0 unspecified atom stereocenters. The van der Waals surface area contributed by atoms with Gasteiger partial charge in [-0.2, -0.15) is 0 Å². The summed E-state index contributed by atoms with van der Waals surface area (Å²) in [6.07, 6.45) is 3.85. The van der Waals surface area contributed by atoms with Crippen molar-refractivity contribution in [2.75, 3.05) is 45.2 Å². The highest BCUT2D eigenvalue weighted by Crippen LogP contribution is 2.47. The van der Waals surface area contributed by atoms with Gasteiger partial charge in [0.15, 0.2) is 5.65 Å². The number of carbonyl (C=O) groups is 1. The molecule has 16 heteroatoms. The van der Waals surface area contributed by atoms with E-state index in [4.69, 9.17) is 32.9 Å². The van der Waals surface area contributed by atoms with Crippen molar-refractivity contribution in [3.8, 4) is 28.3 Å². The molecule has 2 atom stereocenters. The summed E-state index contributed by atoms with van der Waals surface area (Å²) in [7, 11) is 4.58. The van der Waals surface area contributed by atoms with Crippen molar-refractivity contribution >= 4 is 51.8 Å². The topological polar surface area (TPSA) is 160 Å². The summed E-state index contributed by atoms with van der Waals surface area (Å²) in [5.41, 5.74) is 4.23. The number of urea groups is 1. The number of nitrogens with zero attached hydrogens (tertiary/aromatic N) is 7. The molecule has 2 aromatic carbocycles. The van der Waals surface area contributed by atoms with Crippen molar-refractivity contribution in [1.82, 2.24) is 39.2 Å². The van der Waals surface area contributed by atoms with Gasteiger partial charge in [-0.25, -0.2) is 24.5 Å². The molecule has 274 valence electrons. The molecular formula is C37H37Cl2N9O5. The largest absolute Gasteiger partial charge is 0.481 e. The molecule has 14 nitrogen and oxygen atoms in total. The number of likely N-dealkylation sites (tertiary alicyclic amines) is 1. The van der Waals surface area contributed by atoms with E-state index in [1.807, 2.05) is 30.3 Å². The molecule has 0 radical (unpaired) electrons. The number of carbonyl (C=O) groups excluding carboxylic acids is 1. The summed E-state index contributed by atoms with van der Waals surface area (Å²) in [5, 5.41) is 16.7. The van der Waals surface area contributed by atoms with E-state index in [0.717, 1.165) is 41.5 Å². The van der Waals surface area contributed by atoms with Crippen molar-refractivity contribution in [1.29, 1.82) is 0 Å². The number of anilines is 2. The van der Waals surface area contributed by atoms with Gasteiger partial charge in [-0.1, -0.05) is 53.5 Å². The van der Waals surface area contributed by atoms with Gasteiger partial charge < -0.3 is 25.4 Å². The molecule has 2 amide bonds. The molecule has 5 aromatic rings. The summed E-state index contributed by atoms with van der Waals surface area (Å²) in [6, 6.07) is 13.2. The van der Waals surface area contributed by atoms with Crippen LogP contribution in [0.1, 0.15) is 30.0 Å². The molecule has 2 aliphatic heterocycles. The predicted molar refractivity (Wildman–Crippen MR) is 202 cm³/mol. The standard InChI is InChI=1S/C37H37Cl2N9O5/c1-45-32-28(34(50)46(2)36(45)52)31(40-19-41-32)42-24-9-5-7-22(30(24)39)21-6-4-8-23(29(21)38)25-16-20-10-11-26(27(20)33(43-25)53-3)47-13-12-37(17-47)18-48(14-15-49)35(51)44-37/h4-9,16,19,26,49H,10-15,17-18H2,1-3H3,(H,44,51)(H,40,41,42)/t26-,37-/m1/s1. The first kappa shape index (κ1) is 35.0. The number of aryl methyl sites for hydroxylation is 2. The number of benzene rings is 2. The normalized spacial score (nSPS) is 19.7. The number of hydrogen-bond donors (Lipinski definition) is 3. The molecular weight excluding hydrogens is 721 g/mol. The van der Waals surface area contributed by atoms with Gasteiger partial charge in [0.2, 0.25) is 5.88 Å². The van der Waals surface area contributed by atoms with Gasteiger partial charge >= 0.3 is 11.7 Å². The highest BCUT2D eigenvalue weighted by atomic mass is 35.5. The van der Waals surface area contributed by atoms with Crippen LogP contribution in [0.2, 0.25) is 10.0 Å². The number of nitrogens with one attached hydrogen (secondary N) is 2. The number of aliphatic hydroxyl groups is 1. The summed E-state index contributed by atoms with van der Waals surface area (Å²) >= 11 is 14.2. The average molecular weight is 759 g/mol. The monoisotopic (exact) mass is 757 g/mol. The highest BCUT2D eigenvalue weighted by Gasteiger charge is 2.49. The summed E-state index contributed by atoms with van der Waals surface area (Å²) < 4.78 is 8.23. The van der Waals surface area contributed by atoms with Crippen LogP contribution >= 0.6 is 23.2 Å². The fraction of sp³-hybridized carbons (Fsp3) is 0.351. The van der Waals surface area contributed by atoms with E-state index in [2.05, 4.69) is 31.6 Å². The fourth-order valence-electron chi connectivity index (χ4n) is 8.12. The lowest BCUT2D eigenvalue weighted by atomic mass is 9.99. The Balaban J connectivity index is 1.10. The minimum absolute atomic E-state index is 0.0617. The lowest BCUT2D eigenvalue weighted by molar-refractivity contribution is 0.193. The van der Waals surface area contributed by atoms with Gasteiger partial charge in [-0.3, -0.25) is 18.8 Å². The lowest BCUT2D eigenvalue weighted by Gasteiger charge is -2.28. The molecule has 53 heavy (non-hydrogen) atoms. The number of aliphatic hydroxyl groups excluding tert-OH is 1. The van der Waals surface area contributed by atoms with Crippen LogP contribution in [-0.2, 0) is 20.5 Å². The Kier molecular flexibility index (Phi) is 8.88. The average Bonchev–Trinajstić information content (AvgIpc) is 3.86. The Morgan fingerprint density at radius 3 is 2.55 bits per heavy atom. The number of fused-ring (bicyclic) bond motifs is 2. The summed E-state index contributed by atoms with van der Waals surface area (Å²) in [4.78, 5) is 55.8. The third-order valence-corrected chi connectivity index (χ3v) is 11.5. The molecule has 1 spiro atoms. The number of aromatic nitrogens is 5. The van der Waals surface area contributed by atoms with E-state index in [9.17, 15) is 19.5 Å². The molecule has 0 saturated carbocycles. The van der Waals surface area contributed by atoms with Gasteiger partial charge in [0, 0.05) is 68.6 Å². The second kappa shape index (κ2) is 13.4. The number of ether oxygens (including phenoxy) is 1. The molecule has 0 bridgehead atoms. The van der Waals surface area contributed by atoms with Crippen molar-refractivity contribution in [2.45, 2.75) is 30.8 Å². The van der Waals surface area contributed by atoms with Gasteiger partial charge in [-0.15, -0.1) is 0 Å². The highest BCUT2D eigenvalue weighted by molar-refractivity contribution is 6.39. The Hall–Kier alpha value is -5.02. The van der Waals surface area contributed by atoms with Crippen LogP contribution in [0, 0.1) is 0 Å². The Morgan fingerprint density at radius 1 is 1.02 bits per heavy atom. The first-order valence-corrected chi connectivity index (χ1v) is 18.0. The molecule has 2 saturated heterocycles. The number of β-amino-alcohol motifs (C(OH)–C–C–N with tert-alkyl or cyclic N) is 1. The fourth-order valence-corrected chi connectivity index (χ4v) is 8.72. The number of pyridine rings is 1. The van der Waals surface area contributed by atoms with Crippen LogP contribution in [0.3, 0.4) is 0 Å². The van der Waals surface area contributed by atoms with Gasteiger partial charge in [0.25, 0.3) is 5.56 Å². The second-order valence-corrected chi connectivity index (χ2v) is 14.6. The molecule has 5 heterocycles. The Bertz CT molecular complexity index is 2440. The van der Waals surface area contributed by atoms with Crippen LogP contribution in [0.5, 0.6) is 5.88 Å². The van der Waals surface area contributed by atoms with E-state index in [0.29, 0.717) is 63.6 Å². The number of rotatable bonds is 8. The third-order valence-electron chi connectivity index (χ3n) is 10.7. The zero-order valence-corrected chi connectivity index (χ0v) is 30.8. The van der Waals surface area contributed by atoms with Crippen molar-refractivity contribution < 1.29 is 14.6 Å². The van der Waals surface area contributed by atoms with E-state index < -0.39 is 11.2 Å². The molecule has 8 rings (SSSR count). The number of methoxy groups -OCH3 is 1. The van der Waals surface area contributed by atoms with Gasteiger partial charge in [0.1, 0.15) is 17.5 Å². The van der Waals surface area contributed by atoms with Crippen LogP contribution in [-0.4, -0.2) is 90.5 Å². The molecule has 3 N–H and O–H groups in total. The number of halogens is 2. The van der Waals surface area contributed by atoms with Crippen molar-refractivity contribution in [3.63, 3.8) is 0 Å². The first-order chi connectivity index (χ1) is 25.5. The third kappa shape index (κ3) is 5.80. The van der Waals surface area contributed by atoms with E-state index in [-0.39, 0.29) is 41.1 Å². The van der Waals surface area contributed by atoms with Crippen LogP contribution in [0.15, 0.2) is 58.4 Å². The second-order valence-electron chi connectivity index (χ2n) is 13.8. The zero-order valence-electron chi connectivity index (χ0n) is 29.3. The van der Waals surface area contributed by atoms with Crippen molar-refractivity contribution in [3.05, 3.63) is 90.8 Å². The Labute approximate surface area is 314 Å². The molecule has 3 aromatic heterocycles. The van der Waals surface area contributed by atoms with Crippen LogP contribution in [0.4, 0.5) is 16.3 Å². The van der Waals surface area contributed by atoms with Crippen LogP contribution in [0.25, 0.3) is 33.4 Å². The molecule has 2 fully saturated rings. The summed E-state index contributed by atoms with van der Waals surface area (Å²) in [6.45, 7) is 2.38. The maximum atomic E-state index is 13.1. The zero-order chi connectivity index (χ0) is 37.2. The number of hydrogen-bond acceptors (Lipinski definition) is 10. The minimum Gasteiger partial charge on any atom is -0.481 e. The maximum absolute atomic E-state index is 13.1. The van der Waals surface area contributed by atoms with Gasteiger partial charge in [-0.05, 0) is 37.0 Å².